The summed E-state index contributed by atoms with van der Waals surface area (Å²) < 4.78 is 32.3. The normalized spacial score (nSPS) is 14.4. The van der Waals surface area contributed by atoms with Crippen LogP contribution < -0.4 is 5.32 Å². The molecule has 0 bridgehead atoms. The van der Waals surface area contributed by atoms with Gasteiger partial charge in [-0.15, -0.1) is 0 Å². The van der Waals surface area contributed by atoms with Crippen molar-refractivity contribution in [1.29, 1.82) is 5.26 Å². The molecule has 2 unspecified atom stereocenters. The fraction of sp³-hybridized carbons (Fsp3) is 0.316. The highest BCUT2D eigenvalue weighted by Crippen LogP contribution is 2.32. The lowest BCUT2D eigenvalue weighted by Crippen LogP contribution is -2.42. The van der Waals surface area contributed by atoms with Crippen LogP contribution in [0.2, 0.25) is 0 Å². The second-order valence-corrected chi connectivity index (χ2v) is 9.72. The highest BCUT2D eigenvalue weighted by Gasteiger charge is 2.33. The Bertz CT molecular complexity index is 934. The Hall–Kier alpha value is -1.76. The van der Waals surface area contributed by atoms with Gasteiger partial charge >= 0.3 is 0 Å². The third-order valence-corrected chi connectivity index (χ3v) is 6.18. The Balaban J connectivity index is 2.51. The number of hydrogen-bond donors (Lipinski definition) is 2. The summed E-state index contributed by atoms with van der Waals surface area (Å²) in [6.07, 6.45) is -1.52. The summed E-state index contributed by atoms with van der Waals surface area (Å²) in [5, 5.41) is 20.6. The number of ether oxygens (including phenoxy) is 1. The number of benzene rings is 2. The van der Waals surface area contributed by atoms with Crippen LogP contribution in [0.25, 0.3) is 0 Å². The van der Waals surface area contributed by atoms with Crippen molar-refractivity contribution in [1.82, 2.24) is 5.32 Å². The van der Waals surface area contributed by atoms with Gasteiger partial charge in [-0.2, -0.15) is 5.26 Å². The maximum Gasteiger partial charge on any atom is 0.215 e. The van der Waals surface area contributed by atoms with Crippen LogP contribution in [0.15, 0.2) is 57.9 Å². The molecule has 0 aliphatic heterocycles. The van der Waals surface area contributed by atoms with E-state index >= 15 is 0 Å². The monoisotopic (exact) mass is 452 g/mol. The van der Waals surface area contributed by atoms with E-state index in [1.165, 1.54) is 30.3 Å². The lowest BCUT2D eigenvalue weighted by Gasteiger charge is -2.28. The molecule has 0 heterocycles. The van der Waals surface area contributed by atoms with Gasteiger partial charge in [0.15, 0.2) is 9.84 Å². The first-order chi connectivity index (χ1) is 12.5. The molecule has 2 aromatic carbocycles. The second-order valence-electron chi connectivity index (χ2n) is 6.84. The maximum absolute atomic E-state index is 13.2. The number of sulfone groups is 1. The average Bonchev–Trinajstić information content (AvgIpc) is 2.59. The van der Waals surface area contributed by atoms with Crippen molar-refractivity contribution in [3.05, 3.63) is 64.1 Å². The van der Waals surface area contributed by atoms with Gasteiger partial charge in [0.2, 0.25) is 6.41 Å². The van der Waals surface area contributed by atoms with E-state index in [2.05, 4.69) is 21.2 Å². The van der Waals surface area contributed by atoms with Gasteiger partial charge in [-0.25, -0.2) is 13.7 Å². The largest absolute Gasteiger partial charge is 0.356 e. The van der Waals surface area contributed by atoms with E-state index in [1.807, 2.05) is 6.07 Å². The number of nitrogens with zero attached hydrogens (tertiary/aromatic N) is 1. The number of rotatable bonds is 6. The molecule has 2 rings (SSSR count). The molecule has 8 heteroatoms. The molecule has 6 nitrogen and oxygen atoms in total. The molecular weight excluding hydrogens is 432 g/mol. The minimum absolute atomic E-state index is 0.0988. The number of aliphatic hydroxyl groups excluding tert-OH is 1. The SMILES string of the molecule is CC(C)(C)OC(O)NC(c1ccc(C#N)cc1Br)S(=O)(=O)c1ccccc1. The minimum Gasteiger partial charge on any atom is -0.356 e. The van der Waals surface area contributed by atoms with Crippen molar-refractivity contribution in [3.63, 3.8) is 0 Å². The summed E-state index contributed by atoms with van der Waals surface area (Å²) in [5.41, 5.74) is 0.0532. The van der Waals surface area contributed by atoms with Gasteiger partial charge in [0.1, 0.15) is 5.37 Å². The number of nitrogens with one attached hydrogen (secondary N) is 1. The smallest absolute Gasteiger partial charge is 0.215 e. The predicted molar refractivity (Wildman–Crippen MR) is 105 cm³/mol. The lowest BCUT2D eigenvalue weighted by molar-refractivity contribution is -0.183. The Labute approximate surface area is 167 Å². The van der Waals surface area contributed by atoms with Crippen molar-refractivity contribution < 1.29 is 18.3 Å². The number of halogens is 1. The van der Waals surface area contributed by atoms with E-state index in [9.17, 15) is 13.5 Å². The predicted octanol–water partition coefficient (Wildman–Crippen LogP) is 3.47. The maximum atomic E-state index is 13.2. The molecule has 0 aliphatic rings. The zero-order chi connectivity index (χ0) is 20.2. The van der Waals surface area contributed by atoms with Crippen molar-refractivity contribution >= 4 is 25.8 Å². The summed E-state index contributed by atoms with van der Waals surface area (Å²) in [5.74, 6) is 0. The van der Waals surface area contributed by atoms with Gasteiger partial charge in [-0.05, 0) is 50.6 Å². The van der Waals surface area contributed by atoms with E-state index in [-0.39, 0.29) is 4.90 Å². The van der Waals surface area contributed by atoms with Gasteiger partial charge in [-0.1, -0.05) is 40.2 Å². The van der Waals surface area contributed by atoms with Crippen LogP contribution in [-0.4, -0.2) is 25.5 Å². The molecule has 0 aliphatic carbocycles. The summed E-state index contributed by atoms with van der Waals surface area (Å²) in [6.45, 7) is 5.24. The van der Waals surface area contributed by atoms with Gasteiger partial charge < -0.3 is 9.84 Å². The van der Waals surface area contributed by atoms with E-state index in [1.54, 1.807) is 39.0 Å². The summed E-state index contributed by atoms with van der Waals surface area (Å²) in [4.78, 5) is 0.0988. The fourth-order valence-corrected chi connectivity index (χ4v) is 4.80. The quantitative estimate of drug-likeness (QED) is 0.650. The van der Waals surface area contributed by atoms with E-state index in [0.717, 1.165) is 0 Å². The Morgan fingerprint density at radius 2 is 1.81 bits per heavy atom. The molecule has 0 aromatic heterocycles. The van der Waals surface area contributed by atoms with Gasteiger partial charge in [-0.3, -0.25) is 0 Å². The molecule has 0 amide bonds. The fourth-order valence-electron chi connectivity index (χ4n) is 2.40. The highest BCUT2D eigenvalue weighted by molar-refractivity contribution is 9.10. The Morgan fingerprint density at radius 1 is 1.19 bits per heavy atom. The van der Waals surface area contributed by atoms with Crippen LogP contribution >= 0.6 is 15.9 Å². The third-order valence-electron chi connectivity index (χ3n) is 3.55. The summed E-state index contributed by atoms with van der Waals surface area (Å²) in [6, 6.07) is 14.5. The zero-order valence-electron chi connectivity index (χ0n) is 15.2. The van der Waals surface area contributed by atoms with E-state index in [0.29, 0.717) is 15.6 Å². The Kier molecular flexibility index (Phi) is 6.78. The highest BCUT2D eigenvalue weighted by atomic mass is 79.9. The molecule has 0 fully saturated rings. The van der Waals surface area contributed by atoms with Crippen molar-refractivity contribution in [3.8, 4) is 6.07 Å². The topological polar surface area (TPSA) is 99.4 Å². The second kappa shape index (κ2) is 8.50. The molecule has 2 aromatic rings. The molecule has 0 spiro atoms. The summed E-state index contributed by atoms with van der Waals surface area (Å²) in [7, 11) is -3.91. The molecular formula is C19H21BrN2O4S. The molecule has 27 heavy (non-hydrogen) atoms. The number of aliphatic hydroxyl groups is 1. The minimum atomic E-state index is -3.91. The van der Waals surface area contributed by atoms with Gasteiger partial charge in [0, 0.05) is 4.47 Å². The zero-order valence-corrected chi connectivity index (χ0v) is 17.6. The van der Waals surface area contributed by atoms with Crippen LogP contribution in [0.1, 0.15) is 37.3 Å². The van der Waals surface area contributed by atoms with E-state index < -0.39 is 27.2 Å². The number of nitriles is 1. The molecule has 0 radical (unpaired) electrons. The first kappa shape index (κ1) is 21.5. The van der Waals surface area contributed by atoms with Crippen LogP contribution in [0.3, 0.4) is 0 Å². The first-order valence-electron chi connectivity index (χ1n) is 8.15. The average molecular weight is 453 g/mol. The molecule has 0 saturated heterocycles. The van der Waals surface area contributed by atoms with Gasteiger partial charge in [0.05, 0.1) is 22.1 Å². The van der Waals surface area contributed by atoms with Crippen LogP contribution in [0.5, 0.6) is 0 Å². The number of hydrogen-bond acceptors (Lipinski definition) is 6. The first-order valence-corrected chi connectivity index (χ1v) is 10.5. The van der Waals surface area contributed by atoms with Crippen LogP contribution in [0.4, 0.5) is 0 Å². The lowest BCUT2D eigenvalue weighted by atomic mass is 10.1. The third kappa shape index (κ3) is 5.61. The van der Waals surface area contributed by atoms with Crippen molar-refractivity contribution in [2.45, 2.75) is 43.1 Å². The molecule has 0 saturated carbocycles. The molecule has 2 atom stereocenters. The van der Waals surface area contributed by atoms with Crippen LogP contribution in [0, 0.1) is 11.3 Å². The molecule has 2 N–H and O–H groups in total. The van der Waals surface area contributed by atoms with Crippen LogP contribution in [-0.2, 0) is 14.6 Å². The van der Waals surface area contributed by atoms with Crippen molar-refractivity contribution in [2.24, 2.45) is 0 Å². The molecule has 144 valence electrons. The summed E-state index contributed by atoms with van der Waals surface area (Å²) >= 11 is 3.33. The Morgan fingerprint density at radius 3 is 2.33 bits per heavy atom. The van der Waals surface area contributed by atoms with Crippen molar-refractivity contribution in [2.75, 3.05) is 0 Å². The standard InChI is InChI=1S/C19H21BrN2O4S/c1-19(2,3)26-18(23)22-17(15-10-9-13(12-21)11-16(15)20)27(24,25)14-7-5-4-6-8-14/h4-11,17-18,22-23H,1-3H3. The van der Waals surface area contributed by atoms with E-state index in [4.69, 9.17) is 10.00 Å². The van der Waals surface area contributed by atoms with Gasteiger partial charge in [0.25, 0.3) is 0 Å².